The molecule has 10 nitrogen and oxygen atoms in total. The van der Waals surface area contributed by atoms with Crippen LogP contribution in [0.2, 0.25) is 5.02 Å². The molecule has 180 valence electrons. The number of amidine groups is 2. The molecule has 2 heterocycles. The third-order valence-corrected chi connectivity index (χ3v) is 8.22. The number of nitrogens with zero attached hydrogens (tertiary/aromatic N) is 3. The minimum Gasteiger partial charge on any atom is -0.493 e. The fourth-order valence-corrected chi connectivity index (χ4v) is 5.46. The molecule has 0 unspecified atom stereocenters. The Bertz CT molecular complexity index is 1450. The van der Waals surface area contributed by atoms with Crippen molar-refractivity contribution in [3.05, 3.63) is 64.2 Å². The first kappa shape index (κ1) is 24.6. The number of benzene rings is 2. The molecule has 4 rings (SSSR count). The van der Waals surface area contributed by atoms with E-state index in [4.69, 9.17) is 26.5 Å². The number of amides is 1. The zero-order chi connectivity index (χ0) is 25.3. The van der Waals surface area contributed by atoms with Crippen LogP contribution in [0.1, 0.15) is 22.8 Å². The first-order valence-electron chi connectivity index (χ1n) is 10.0. The Kier molecular flexibility index (Phi) is 6.79. The molecular formula is C22H17ClN4O6S2. The molecular weight excluding hydrogens is 516 g/mol. The van der Waals surface area contributed by atoms with Crippen molar-refractivity contribution in [3.8, 4) is 11.5 Å². The number of halogens is 1. The molecule has 2 aromatic carbocycles. The lowest BCUT2D eigenvalue weighted by Gasteiger charge is -2.20. The van der Waals surface area contributed by atoms with Gasteiger partial charge in [-0.05, 0) is 47.7 Å². The molecule has 0 fully saturated rings. The van der Waals surface area contributed by atoms with Crippen LogP contribution < -0.4 is 9.47 Å². The van der Waals surface area contributed by atoms with E-state index in [-0.39, 0.29) is 43.2 Å². The lowest BCUT2D eigenvalue weighted by atomic mass is 10.1. The van der Waals surface area contributed by atoms with Crippen LogP contribution >= 0.6 is 23.4 Å². The third-order valence-electron chi connectivity index (χ3n) is 4.85. The summed E-state index contributed by atoms with van der Waals surface area (Å²) in [6.45, 7) is 1.47. The number of ether oxygens (including phenoxy) is 2. The van der Waals surface area contributed by atoms with Gasteiger partial charge in [0.05, 0.1) is 29.0 Å². The van der Waals surface area contributed by atoms with Crippen LogP contribution in [-0.4, -0.2) is 53.5 Å². The van der Waals surface area contributed by atoms with Crippen LogP contribution in [0.4, 0.5) is 0 Å². The second-order valence-electron chi connectivity index (χ2n) is 7.08. The van der Waals surface area contributed by atoms with E-state index in [9.17, 15) is 18.0 Å². The standard InChI is InChI=1S/C22H17ClN4O6S2/c1-3-35(30,31)22-26-27-18(24)14(19(28)25-21(27)34-22)9-12-10-15(23)17(16(11-12)32-2)33-20(29)13-7-5-4-6-8-13/h4-11,24H,3H2,1-2H3/b14-9+,24-18?. The fraction of sp³-hybridized carbons (Fsp3) is 0.136. The number of carbonyl (C=O) groups excluding carboxylic acids is 2. The molecule has 2 aromatic rings. The van der Waals surface area contributed by atoms with Gasteiger partial charge in [-0.25, -0.2) is 13.2 Å². The summed E-state index contributed by atoms with van der Waals surface area (Å²) >= 11 is 7.07. The number of carbonyl (C=O) groups is 2. The van der Waals surface area contributed by atoms with Crippen molar-refractivity contribution < 1.29 is 27.5 Å². The zero-order valence-electron chi connectivity index (χ0n) is 18.3. The lowest BCUT2D eigenvalue weighted by molar-refractivity contribution is -0.114. The van der Waals surface area contributed by atoms with Crippen LogP contribution in [0, 0.1) is 5.41 Å². The number of hydrazone groups is 1. The minimum absolute atomic E-state index is 0.00881. The summed E-state index contributed by atoms with van der Waals surface area (Å²) in [5, 5.41) is 13.4. The molecule has 2 aliphatic heterocycles. The van der Waals surface area contributed by atoms with Gasteiger partial charge in [0.15, 0.2) is 17.3 Å². The molecule has 0 aromatic heterocycles. The van der Waals surface area contributed by atoms with Gasteiger partial charge in [0.25, 0.3) is 5.91 Å². The maximum absolute atomic E-state index is 12.6. The van der Waals surface area contributed by atoms with Gasteiger partial charge in [-0.15, -0.1) is 5.10 Å². The number of nitrogens with one attached hydrogen (secondary N) is 1. The van der Waals surface area contributed by atoms with Crippen molar-refractivity contribution in [1.29, 1.82) is 5.41 Å². The zero-order valence-corrected chi connectivity index (χ0v) is 20.7. The summed E-state index contributed by atoms with van der Waals surface area (Å²) < 4.78 is 34.8. The third kappa shape index (κ3) is 4.85. The maximum Gasteiger partial charge on any atom is 0.343 e. The van der Waals surface area contributed by atoms with E-state index in [0.717, 1.165) is 5.01 Å². The van der Waals surface area contributed by atoms with E-state index in [0.29, 0.717) is 22.9 Å². The molecule has 0 aliphatic carbocycles. The molecule has 0 radical (unpaired) electrons. The number of hydrogen-bond acceptors (Lipinski definition) is 9. The van der Waals surface area contributed by atoms with Crippen LogP contribution in [0.3, 0.4) is 0 Å². The molecule has 1 amide bonds. The second-order valence-corrected chi connectivity index (χ2v) is 10.9. The van der Waals surface area contributed by atoms with E-state index < -0.39 is 21.7 Å². The number of sulfone groups is 1. The molecule has 0 atom stereocenters. The van der Waals surface area contributed by atoms with Gasteiger partial charge in [-0.1, -0.05) is 36.7 Å². The summed E-state index contributed by atoms with van der Waals surface area (Å²) in [7, 11) is -2.28. The van der Waals surface area contributed by atoms with Crippen LogP contribution in [0.15, 0.2) is 58.1 Å². The highest BCUT2D eigenvalue weighted by molar-refractivity contribution is 8.42. The quantitative estimate of drug-likeness (QED) is 0.350. The molecule has 0 bridgehead atoms. The highest BCUT2D eigenvalue weighted by Crippen LogP contribution is 2.38. The first-order valence-corrected chi connectivity index (χ1v) is 12.9. The smallest absolute Gasteiger partial charge is 0.343 e. The van der Waals surface area contributed by atoms with Gasteiger partial charge >= 0.3 is 5.97 Å². The Morgan fingerprint density at radius 2 is 1.97 bits per heavy atom. The highest BCUT2D eigenvalue weighted by atomic mass is 35.5. The summed E-state index contributed by atoms with van der Waals surface area (Å²) in [6.07, 6.45) is 1.34. The van der Waals surface area contributed by atoms with Crippen molar-refractivity contribution >= 4 is 66.5 Å². The van der Waals surface area contributed by atoms with Crippen LogP contribution in [-0.2, 0) is 14.6 Å². The first-order chi connectivity index (χ1) is 16.6. The molecule has 2 aliphatic rings. The molecule has 1 N–H and O–H groups in total. The Morgan fingerprint density at radius 1 is 1.26 bits per heavy atom. The maximum atomic E-state index is 12.6. The lowest BCUT2D eigenvalue weighted by Crippen LogP contribution is -2.35. The summed E-state index contributed by atoms with van der Waals surface area (Å²) in [5.41, 5.74) is 0.538. The van der Waals surface area contributed by atoms with Gasteiger partial charge in [0, 0.05) is 0 Å². The van der Waals surface area contributed by atoms with Crippen molar-refractivity contribution in [1.82, 2.24) is 5.01 Å². The Balaban J connectivity index is 1.66. The van der Waals surface area contributed by atoms with Crippen molar-refractivity contribution in [2.45, 2.75) is 6.92 Å². The van der Waals surface area contributed by atoms with Crippen molar-refractivity contribution in [2.75, 3.05) is 12.9 Å². The summed E-state index contributed by atoms with van der Waals surface area (Å²) in [4.78, 5) is 28.9. The number of hydrogen-bond donors (Lipinski definition) is 1. The minimum atomic E-state index is -3.64. The number of esters is 1. The normalized spacial score (nSPS) is 16.7. The van der Waals surface area contributed by atoms with Gasteiger partial charge in [-0.3, -0.25) is 10.2 Å². The molecule has 0 saturated heterocycles. The van der Waals surface area contributed by atoms with Crippen molar-refractivity contribution in [3.63, 3.8) is 0 Å². The number of methoxy groups -OCH3 is 1. The van der Waals surface area contributed by atoms with E-state index >= 15 is 0 Å². The summed E-state index contributed by atoms with van der Waals surface area (Å²) in [6, 6.07) is 11.2. The molecule has 0 spiro atoms. The largest absolute Gasteiger partial charge is 0.493 e. The average molecular weight is 533 g/mol. The highest BCUT2D eigenvalue weighted by Gasteiger charge is 2.39. The van der Waals surface area contributed by atoms with Crippen molar-refractivity contribution in [2.24, 2.45) is 10.1 Å². The van der Waals surface area contributed by atoms with Gasteiger partial charge < -0.3 is 9.47 Å². The SMILES string of the molecule is CCS(=O)(=O)C1=NN2C(=N)/C(=C\c3cc(Cl)c(OC(=O)c4ccccc4)c(OC)c3)C(=O)N=C2S1. The Labute approximate surface area is 209 Å². The Morgan fingerprint density at radius 3 is 2.63 bits per heavy atom. The predicted octanol–water partition coefficient (Wildman–Crippen LogP) is 3.58. The predicted molar refractivity (Wildman–Crippen MR) is 134 cm³/mol. The van der Waals surface area contributed by atoms with Crippen LogP contribution in [0.5, 0.6) is 11.5 Å². The van der Waals surface area contributed by atoms with Gasteiger partial charge in [-0.2, -0.15) is 10.0 Å². The number of fused-ring (bicyclic) bond motifs is 1. The van der Waals surface area contributed by atoms with E-state index in [2.05, 4.69) is 10.1 Å². The van der Waals surface area contributed by atoms with E-state index in [1.165, 1.54) is 32.2 Å². The number of thioether (sulfide) groups is 1. The van der Waals surface area contributed by atoms with Crippen LogP contribution in [0.25, 0.3) is 6.08 Å². The average Bonchev–Trinajstić information content (AvgIpc) is 3.28. The van der Waals surface area contributed by atoms with Gasteiger partial charge in [0.2, 0.25) is 19.4 Å². The monoisotopic (exact) mass is 532 g/mol. The topological polar surface area (TPSA) is 139 Å². The second kappa shape index (κ2) is 9.64. The van der Waals surface area contributed by atoms with E-state index in [1.54, 1.807) is 30.3 Å². The number of rotatable bonds is 5. The molecule has 0 saturated carbocycles. The molecule has 13 heteroatoms. The fourth-order valence-electron chi connectivity index (χ4n) is 3.04. The van der Waals surface area contributed by atoms with E-state index in [1.807, 2.05) is 0 Å². The van der Waals surface area contributed by atoms with Gasteiger partial charge in [0.1, 0.15) is 0 Å². The number of aliphatic imine (C=N–C) groups is 1. The summed E-state index contributed by atoms with van der Waals surface area (Å²) in [5.74, 6) is -1.78. The Hall–Kier alpha value is -3.48. The molecule has 35 heavy (non-hydrogen) atoms.